The van der Waals surface area contributed by atoms with Gasteiger partial charge in [0.15, 0.2) is 0 Å². The van der Waals surface area contributed by atoms with Crippen LogP contribution < -0.4 is 5.32 Å². The van der Waals surface area contributed by atoms with E-state index in [9.17, 15) is 4.79 Å². The van der Waals surface area contributed by atoms with E-state index in [2.05, 4.69) is 5.32 Å². The Morgan fingerprint density at radius 1 is 1.29 bits per heavy atom. The first kappa shape index (κ1) is 13.5. The molecule has 0 heterocycles. The highest BCUT2D eigenvalue weighted by atomic mass is 35.5. The molecule has 0 aliphatic rings. The molecule has 1 rings (SSSR count). The second-order valence-electron chi connectivity index (χ2n) is 3.55. The fraction of sp³-hybridized carbons (Fsp3) is 0.214. The summed E-state index contributed by atoms with van der Waals surface area (Å²) < 4.78 is 0. The molecule has 0 saturated carbocycles. The summed E-state index contributed by atoms with van der Waals surface area (Å²) in [5.41, 5.74) is 1.16. The Morgan fingerprint density at radius 2 is 2.00 bits per heavy atom. The van der Waals surface area contributed by atoms with Crippen LogP contribution in [0.5, 0.6) is 0 Å². The van der Waals surface area contributed by atoms with Gasteiger partial charge in [-0.1, -0.05) is 42.0 Å². The normalized spacial score (nSPS) is 11.2. The summed E-state index contributed by atoms with van der Waals surface area (Å²) in [6.07, 6.45) is 7.73. The molecule has 0 fully saturated rings. The number of nitrogens with one attached hydrogen (secondary N) is 1. The molecule has 3 heteroatoms. The van der Waals surface area contributed by atoms with Crippen molar-refractivity contribution in [2.24, 2.45) is 0 Å². The predicted molar refractivity (Wildman–Crippen MR) is 72.1 cm³/mol. The molecule has 0 aromatic heterocycles. The molecule has 0 unspecified atom stereocenters. The minimum atomic E-state index is -0.0722. The zero-order valence-electron chi connectivity index (χ0n) is 9.82. The summed E-state index contributed by atoms with van der Waals surface area (Å²) >= 11 is 5.78. The number of halogens is 1. The van der Waals surface area contributed by atoms with E-state index < -0.39 is 0 Å². The summed E-state index contributed by atoms with van der Waals surface area (Å²) in [7, 11) is 0. The lowest BCUT2D eigenvalue weighted by Crippen LogP contribution is -2.23. The summed E-state index contributed by atoms with van der Waals surface area (Å²) in [5, 5.41) is 3.54. The van der Waals surface area contributed by atoms with Crippen LogP contribution in [0.15, 0.2) is 48.6 Å². The van der Waals surface area contributed by atoms with Crippen molar-refractivity contribution in [3.8, 4) is 0 Å². The molecule has 1 amide bonds. The fourth-order valence-corrected chi connectivity index (χ4v) is 1.42. The molecule has 1 aromatic rings. The van der Waals surface area contributed by atoms with Gasteiger partial charge in [0.25, 0.3) is 0 Å². The highest BCUT2D eigenvalue weighted by Crippen LogP contribution is 2.09. The first-order valence-corrected chi connectivity index (χ1v) is 5.92. The molecule has 0 aliphatic carbocycles. The summed E-state index contributed by atoms with van der Waals surface area (Å²) in [5.74, 6) is -0.0722. The van der Waals surface area contributed by atoms with E-state index in [1.807, 2.05) is 43.3 Å². The maximum Gasteiger partial charge on any atom is 0.243 e. The van der Waals surface area contributed by atoms with Crippen molar-refractivity contribution < 1.29 is 4.79 Å². The molecule has 0 radical (unpaired) electrons. The molecule has 1 aromatic carbocycles. The molecule has 1 N–H and O–H groups in total. The summed E-state index contributed by atoms with van der Waals surface area (Å²) in [4.78, 5) is 11.3. The number of carbonyl (C=O) groups excluding carboxylic acids is 1. The number of hydrogen-bond donors (Lipinski definition) is 1. The monoisotopic (exact) mass is 249 g/mol. The van der Waals surface area contributed by atoms with Crippen LogP contribution in [0.2, 0.25) is 5.02 Å². The van der Waals surface area contributed by atoms with Crippen LogP contribution in [0.4, 0.5) is 0 Å². The lowest BCUT2D eigenvalue weighted by atomic mass is 10.1. The Bertz CT molecular complexity index is 407. The summed E-state index contributed by atoms with van der Waals surface area (Å²) in [6, 6.07) is 7.63. The Labute approximate surface area is 107 Å². The molecule has 0 saturated heterocycles. The van der Waals surface area contributed by atoms with Crippen molar-refractivity contribution in [1.82, 2.24) is 5.32 Å². The Morgan fingerprint density at radius 3 is 2.65 bits per heavy atom. The SMILES string of the molecule is C/C=C/C=C/C(=O)NCCc1ccc(Cl)cc1. The predicted octanol–water partition coefficient (Wildman–Crippen LogP) is 3.13. The van der Waals surface area contributed by atoms with Gasteiger partial charge in [-0.05, 0) is 31.0 Å². The minimum absolute atomic E-state index is 0.0722. The van der Waals surface area contributed by atoms with Gasteiger partial charge < -0.3 is 5.32 Å². The van der Waals surface area contributed by atoms with Gasteiger partial charge in [-0.3, -0.25) is 4.79 Å². The van der Waals surface area contributed by atoms with Gasteiger partial charge >= 0.3 is 0 Å². The maximum atomic E-state index is 11.3. The number of carbonyl (C=O) groups is 1. The molecule has 0 atom stereocenters. The molecular formula is C14H16ClNO. The molecule has 17 heavy (non-hydrogen) atoms. The van der Waals surface area contributed by atoms with Gasteiger partial charge in [-0.25, -0.2) is 0 Å². The van der Waals surface area contributed by atoms with Gasteiger partial charge in [-0.2, -0.15) is 0 Å². The molecule has 0 aliphatic heterocycles. The Hall–Kier alpha value is -1.54. The lowest BCUT2D eigenvalue weighted by molar-refractivity contribution is -0.116. The van der Waals surface area contributed by atoms with Gasteiger partial charge in [-0.15, -0.1) is 0 Å². The maximum absolute atomic E-state index is 11.3. The quantitative estimate of drug-likeness (QED) is 0.631. The van der Waals surface area contributed by atoms with Crippen LogP contribution in [0.1, 0.15) is 12.5 Å². The number of benzene rings is 1. The smallest absolute Gasteiger partial charge is 0.243 e. The van der Waals surface area contributed by atoms with E-state index in [0.717, 1.165) is 17.0 Å². The van der Waals surface area contributed by atoms with Crippen molar-refractivity contribution in [1.29, 1.82) is 0 Å². The summed E-state index contributed by atoms with van der Waals surface area (Å²) in [6.45, 7) is 2.53. The third-order valence-electron chi connectivity index (χ3n) is 2.18. The number of rotatable bonds is 5. The number of amides is 1. The van der Waals surface area contributed by atoms with E-state index in [0.29, 0.717) is 6.54 Å². The first-order valence-electron chi connectivity index (χ1n) is 5.54. The van der Waals surface area contributed by atoms with Gasteiger partial charge in [0, 0.05) is 17.6 Å². The van der Waals surface area contributed by atoms with Crippen molar-refractivity contribution in [2.45, 2.75) is 13.3 Å². The number of hydrogen-bond acceptors (Lipinski definition) is 1. The van der Waals surface area contributed by atoms with Crippen molar-refractivity contribution >= 4 is 17.5 Å². The third kappa shape index (κ3) is 5.93. The lowest BCUT2D eigenvalue weighted by Gasteiger charge is -2.02. The second kappa shape index (κ2) is 7.69. The van der Waals surface area contributed by atoms with Crippen LogP contribution in [0, 0.1) is 0 Å². The number of allylic oxidation sites excluding steroid dienone is 3. The van der Waals surface area contributed by atoms with Crippen LogP contribution in [0.3, 0.4) is 0 Å². The second-order valence-corrected chi connectivity index (χ2v) is 3.99. The van der Waals surface area contributed by atoms with Crippen molar-refractivity contribution in [3.05, 3.63) is 59.2 Å². The Balaban J connectivity index is 2.28. The molecule has 0 bridgehead atoms. The molecule has 0 spiro atoms. The van der Waals surface area contributed by atoms with E-state index in [1.165, 1.54) is 6.08 Å². The van der Waals surface area contributed by atoms with E-state index in [4.69, 9.17) is 11.6 Å². The highest BCUT2D eigenvalue weighted by Gasteiger charge is 1.96. The topological polar surface area (TPSA) is 29.1 Å². The zero-order valence-corrected chi connectivity index (χ0v) is 10.6. The Kier molecular flexibility index (Phi) is 6.12. The van der Waals surface area contributed by atoms with Crippen LogP contribution in [-0.4, -0.2) is 12.5 Å². The third-order valence-corrected chi connectivity index (χ3v) is 2.43. The molecule has 2 nitrogen and oxygen atoms in total. The first-order chi connectivity index (χ1) is 8.22. The van der Waals surface area contributed by atoms with Gasteiger partial charge in [0.2, 0.25) is 5.91 Å². The average Bonchev–Trinajstić information content (AvgIpc) is 2.32. The van der Waals surface area contributed by atoms with E-state index in [-0.39, 0.29) is 5.91 Å². The van der Waals surface area contributed by atoms with Crippen molar-refractivity contribution in [3.63, 3.8) is 0 Å². The van der Waals surface area contributed by atoms with Crippen LogP contribution in [-0.2, 0) is 11.2 Å². The van der Waals surface area contributed by atoms with Crippen molar-refractivity contribution in [2.75, 3.05) is 6.54 Å². The largest absolute Gasteiger partial charge is 0.352 e. The fourth-order valence-electron chi connectivity index (χ4n) is 1.29. The zero-order chi connectivity index (χ0) is 12.5. The van der Waals surface area contributed by atoms with Gasteiger partial charge in [0.1, 0.15) is 0 Å². The van der Waals surface area contributed by atoms with E-state index in [1.54, 1.807) is 6.08 Å². The molecular weight excluding hydrogens is 234 g/mol. The standard InChI is InChI=1S/C14H16ClNO/c1-2-3-4-5-14(17)16-11-10-12-6-8-13(15)9-7-12/h2-9H,10-11H2,1H3,(H,16,17)/b3-2+,5-4+. The van der Waals surface area contributed by atoms with Crippen LogP contribution >= 0.6 is 11.6 Å². The average molecular weight is 250 g/mol. The highest BCUT2D eigenvalue weighted by molar-refractivity contribution is 6.30. The van der Waals surface area contributed by atoms with Crippen LogP contribution in [0.25, 0.3) is 0 Å². The van der Waals surface area contributed by atoms with Gasteiger partial charge in [0.05, 0.1) is 0 Å². The van der Waals surface area contributed by atoms with E-state index >= 15 is 0 Å². The molecule has 90 valence electrons. The minimum Gasteiger partial charge on any atom is -0.352 e.